The van der Waals surface area contributed by atoms with Crippen LogP contribution in [0.5, 0.6) is 0 Å². The number of nitro groups is 1. The number of nitro benzene ring substituents is 1. The van der Waals surface area contributed by atoms with Crippen molar-refractivity contribution >= 4 is 28.9 Å². The minimum absolute atomic E-state index is 0.0869. The molecule has 0 fully saturated rings. The molecule has 0 aliphatic rings. The van der Waals surface area contributed by atoms with Crippen LogP contribution < -0.4 is 4.90 Å². The minimum atomic E-state index is -1.15. The normalized spacial score (nSPS) is 10.3. The van der Waals surface area contributed by atoms with Crippen LogP contribution in [0.25, 0.3) is 0 Å². The zero-order chi connectivity index (χ0) is 14.6. The van der Waals surface area contributed by atoms with Crippen LogP contribution in [0.1, 0.15) is 13.3 Å². The van der Waals surface area contributed by atoms with Crippen molar-refractivity contribution < 1.29 is 19.2 Å². The molecular formula is C11H12ClFN2O4. The number of carboxylic acid groups (broad SMARTS) is 1. The molecule has 1 aromatic rings. The van der Waals surface area contributed by atoms with Crippen molar-refractivity contribution in [2.45, 2.75) is 13.3 Å². The molecule has 0 radical (unpaired) electrons. The second-order valence-corrected chi connectivity index (χ2v) is 4.23. The minimum Gasteiger partial charge on any atom is -0.480 e. The van der Waals surface area contributed by atoms with Gasteiger partial charge in [-0.15, -0.1) is 0 Å². The van der Waals surface area contributed by atoms with Crippen LogP contribution in [0.2, 0.25) is 5.02 Å². The summed E-state index contributed by atoms with van der Waals surface area (Å²) in [5, 5.41) is 19.4. The second-order valence-electron chi connectivity index (χ2n) is 3.83. The zero-order valence-corrected chi connectivity index (χ0v) is 10.9. The Kier molecular flexibility index (Phi) is 5.05. The first-order valence-electron chi connectivity index (χ1n) is 5.47. The van der Waals surface area contributed by atoms with Crippen molar-refractivity contribution in [3.8, 4) is 0 Å². The van der Waals surface area contributed by atoms with Gasteiger partial charge in [-0.3, -0.25) is 14.9 Å². The fourth-order valence-electron chi connectivity index (χ4n) is 1.64. The molecule has 8 heteroatoms. The number of benzene rings is 1. The van der Waals surface area contributed by atoms with E-state index in [-0.39, 0.29) is 17.3 Å². The number of aliphatic carboxylic acids is 1. The van der Waals surface area contributed by atoms with E-state index in [4.69, 9.17) is 16.7 Å². The largest absolute Gasteiger partial charge is 0.480 e. The SMILES string of the molecule is CCCN(CC(=O)O)c1cc(F)c(Cl)cc1[N+](=O)[O-]. The van der Waals surface area contributed by atoms with Crippen molar-refractivity contribution in [2.75, 3.05) is 18.0 Å². The Bertz CT molecular complexity index is 510. The first-order chi connectivity index (χ1) is 8.86. The molecular weight excluding hydrogens is 279 g/mol. The van der Waals surface area contributed by atoms with Crippen molar-refractivity contribution in [3.05, 3.63) is 33.1 Å². The molecule has 0 aliphatic heterocycles. The average molecular weight is 291 g/mol. The molecule has 0 atom stereocenters. The van der Waals surface area contributed by atoms with Crippen molar-refractivity contribution in [1.82, 2.24) is 0 Å². The first-order valence-corrected chi connectivity index (χ1v) is 5.84. The zero-order valence-electron chi connectivity index (χ0n) is 10.1. The number of halogens is 2. The summed E-state index contributed by atoms with van der Waals surface area (Å²) in [5.74, 6) is -1.98. The monoisotopic (exact) mass is 290 g/mol. The highest BCUT2D eigenvalue weighted by atomic mass is 35.5. The molecule has 1 N–H and O–H groups in total. The van der Waals surface area contributed by atoms with Gasteiger partial charge in [0.1, 0.15) is 18.0 Å². The predicted molar refractivity (Wildman–Crippen MR) is 68.2 cm³/mol. The lowest BCUT2D eigenvalue weighted by molar-refractivity contribution is -0.384. The summed E-state index contributed by atoms with van der Waals surface area (Å²) in [6, 6.07) is 1.77. The maximum atomic E-state index is 13.4. The van der Waals surface area contributed by atoms with Gasteiger partial charge in [-0.1, -0.05) is 18.5 Å². The summed E-state index contributed by atoms with van der Waals surface area (Å²) in [4.78, 5) is 22.2. The molecule has 0 heterocycles. The molecule has 0 amide bonds. The summed E-state index contributed by atoms with van der Waals surface area (Å²) in [7, 11) is 0. The highest BCUT2D eigenvalue weighted by Gasteiger charge is 2.23. The van der Waals surface area contributed by atoms with Gasteiger partial charge in [-0.05, 0) is 6.42 Å². The standard InChI is InChI=1S/C11H12ClFN2O4/c1-2-3-14(6-11(16)17)9-5-8(13)7(12)4-10(9)15(18)19/h4-5H,2-3,6H2,1H3,(H,16,17). The third kappa shape index (κ3) is 3.78. The molecule has 0 unspecified atom stereocenters. The van der Waals surface area contributed by atoms with E-state index in [1.165, 1.54) is 4.90 Å². The lowest BCUT2D eigenvalue weighted by Gasteiger charge is -2.22. The lowest BCUT2D eigenvalue weighted by Crippen LogP contribution is -2.31. The van der Waals surface area contributed by atoms with E-state index < -0.39 is 28.9 Å². The smallest absolute Gasteiger partial charge is 0.323 e. The van der Waals surface area contributed by atoms with Gasteiger partial charge in [-0.2, -0.15) is 0 Å². The van der Waals surface area contributed by atoms with Crippen LogP contribution in [0.3, 0.4) is 0 Å². The molecule has 0 aromatic heterocycles. The van der Waals surface area contributed by atoms with Gasteiger partial charge < -0.3 is 10.0 Å². The average Bonchev–Trinajstić information content (AvgIpc) is 2.30. The van der Waals surface area contributed by atoms with Gasteiger partial charge in [0.25, 0.3) is 5.69 Å². The summed E-state index contributed by atoms with van der Waals surface area (Å²) in [5.41, 5.74) is -0.503. The quantitative estimate of drug-likeness (QED) is 0.643. The Morgan fingerprint density at radius 3 is 2.68 bits per heavy atom. The van der Waals surface area contributed by atoms with Crippen molar-refractivity contribution in [3.63, 3.8) is 0 Å². The Balaban J connectivity index is 3.30. The Morgan fingerprint density at radius 2 is 2.21 bits per heavy atom. The summed E-state index contributed by atoms with van der Waals surface area (Å²) in [6.07, 6.45) is 0.564. The maximum absolute atomic E-state index is 13.4. The molecule has 6 nitrogen and oxygen atoms in total. The van der Waals surface area contributed by atoms with Gasteiger partial charge in [0, 0.05) is 18.7 Å². The number of hydrogen-bond acceptors (Lipinski definition) is 4. The van der Waals surface area contributed by atoms with E-state index in [1.807, 2.05) is 0 Å². The molecule has 0 bridgehead atoms. The number of anilines is 1. The van der Waals surface area contributed by atoms with E-state index in [9.17, 15) is 19.3 Å². The number of carbonyl (C=O) groups is 1. The number of rotatable bonds is 6. The van der Waals surface area contributed by atoms with Gasteiger partial charge in [-0.25, -0.2) is 4.39 Å². The summed E-state index contributed by atoms with van der Waals surface area (Å²) in [6.45, 7) is 1.59. The van der Waals surface area contributed by atoms with Crippen LogP contribution >= 0.6 is 11.6 Å². The molecule has 1 rings (SSSR count). The highest BCUT2D eigenvalue weighted by molar-refractivity contribution is 6.31. The van der Waals surface area contributed by atoms with E-state index in [2.05, 4.69) is 0 Å². The molecule has 19 heavy (non-hydrogen) atoms. The third-order valence-electron chi connectivity index (χ3n) is 2.37. The number of carboxylic acids is 1. The number of hydrogen-bond donors (Lipinski definition) is 1. The van der Waals surface area contributed by atoms with Crippen LogP contribution in [0, 0.1) is 15.9 Å². The Morgan fingerprint density at radius 1 is 1.58 bits per heavy atom. The Hall–Kier alpha value is -1.89. The van der Waals surface area contributed by atoms with Crippen LogP contribution in [-0.2, 0) is 4.79 Å². The van der Waals surface area contributed by atoms with Gasteiger partial charge in [0.15, 0.2) is 0 Å². The summed E-state index contributed by atoms with van der Waals surface area (Å²) >= 11 is 5.50. The summed E-state index contributed by atoms with van der Waals surface area (Å²) < 4.78 is 13.4. The molecule has 0 saturated heterocycles. The molecule has 0 spiro atoms. The predicted octanol–water partition coefficient (Wildman–Crippen LogP) is 2.69. The van der Waals surface area contributed by atoms with E-state index in [0.717, 1.165) is 12.1 Å². The van der Waals surface area contributed by atoms with Crippen LogP contribution in [0.4, 0.5) is 15.8 Å². The van der Waals surface area contributed by atoms with E-state index >= 15 is 0 Å². The fraction of sp³-hybridized carbons (Fsp3) is 0.364. The van der Waals surface area contributed by atoms with Crippen LogP contribution in [-0.4, -0.2) is 29.1 Å². The molecule has 0 saturated carbocycles. The number of nitrogens with zero attached hydrogens (tertiary/aromatic N) is 2. The van der Waals surface area contributed by atoms with Gasteiger partial charge >= 0.3 is 5.97 Å². The second kappa shape index (κ2) is 6.33. The van der Waals surface area contributed by atoms with E-state index in [0.29, 0.717) is 6.42 Å². The van der Waals surface area contributed by atoms with Crippen molar-refractivity contribution in [1.29, 1.82) is 0 Å². The highest BCUT2D eigenvalue weighted by Crippen LogP contribution is 2.33. The fourth-order valence-corrected chi connectivity index (χ4v) is 1.80. The van der Waals surface area contributed by atoms with Gasteiger partial charge in [0.2, 0.25) is 0 Å². The van der Waals surface area contributed by atoms with Crippen LogP contribution in [0.15, 0.2) is 12.1 Å². The Labute approximate surface area is 113 Å². The third-order valence-corrected chi connectivity index (χ3v) is 2.66. The maximum Gasteiger partial charge on any atom is 0.323 e. The van der Waals surface area contributed by atoms with Crippen molar-refractivity contribution in [2.24, 2.45) is 0 Å². The molecule has 104 valence electrons. The first kappa shape index (κ1) is 15.2. The topological polar surface area (TPSA) is 83.7 Å². The molecule has 1 aromatic carbocycles. The molecule has 0 aliphatic carbocycles. The lowest BCUT2D eigenvalue weighted by atomic mass is 10.2. The van der Waals surface area contributed by atoms with E-state index in [1.54, 1.807) is 6.92 Å². The van der Waals surface area contributed by atoms with Gasteiger partial charge in [0.05, 0.1) is 9.95 Å².